The van der Waals surface area contributed by atoms with Gasteiger partial charge in [0, 0.05) is 18.4 Å². The fourth-order valence-electron chi connectivity index (χ4n) is 2.30. The third-order valence-electron chi connectivity index (χ3n) is 3.61. The summed E-state index contributed by atoms with van der Waals surface area (Å²) >= 11 is 1.50. The summed E-state index contributed by atoms with van der Waals surface area (Å²) in [7, 11) is 0. The van der Waals surface area contributed by atoms with Crippen molar-refractivity contribution in [2.75, 3.05) is 11.9 Å². The van der Waals surface area contributed by atoms with Crippen LogP contribution in [0.4, 0.5) is 5.13 Å². The fourth-order valence-corrected chi connectivity index (χ4v) is 3.08. The summed E-state index contributed by atoms with van der Waals surface area (Å²) in [6, 6.07) is 9.99. The number of nitrogens with one attached hydrogen (secondary N) is 1. The zero-order valence-corrected chi connectivity index (χ0v) is 14.5. The molecule has 0 aliphatic heterocycles. The molecule has 1 aromatic carbocycles. The number of aliphatic hydroxyl groups is 1. The lowest BCUT2D eigenvalue weighted by Crippen LogP contribution is -2.21. The summed E-state index contributed by atoms with van der Waals surface area (Å²) < 4.78 is 1.80. The summed E-state index contributed by atoms with van der Waals surface area (Å²) in [6.07, 6.45) is 2.15. The lowest BCUT2D eigenvalue weighted by molar-refractivity contribution is 0.188. The molecule has 3 rings (SSSR count). The molecule has 5 nitrogen and oxygen atoms in total. The van der Waals surface area contributed by atoms with E-state index in [1.165, 1.54) is 11.3 Å². The molecule has 2 aromatic heterocycles. The quantitative estimate of drug-likeness (QED) is 0.754. The number of anilines is 1. The van der Waals surface area contributed by atoms with Gasteiger partial charge < -0.3 is 10.4 Å². The van der Waals surface area contributed by atoms with Gasteiger partial charge in [0.2, 0.25) is 10.1 Å². The molecular weight excluding hydrogens is 308 g/mol. The normalized spacial score (nSPS) is 13.4. The highest BCUT2D eigenvalue weighted by atomic mass is 32.1. The molecule has 3 aromatic rings. The standard InChI is InChI=1S/C17H22N4OS/c1-17(2,3)14-11-21-16(19-14)23-15(20-21)18-10-13(22)9-12-7-5-4-6-8-12/h4-8,11,13,22H,9-10H2,1-3H3,(H,18,20). The molecule has 0 fully saturated rings. The van der Waals surface area contributed by atoms with E-state index in [-0.39, 0.29) is 5.41 Å². The molecule has 2 N–H and O–H groups in total. The number of benzene rings is 1. The van der Waals surface area contributed by atoms with E-state index in [9.17, 15) is 5.11 Å². The molecule has 0 saturated heterocycles. The first-order valence-electron chi connectivity index (χ1n) is 7.74. The molecular formula is C17H22N4OS. The SMILES string of the molecule is CC(C)(C)c1cn2nc(NCC(O)Cc3ccccc3)sc2n1. The van der Waals surface area contributed by atoms with Crippen LogP contribution in [0, 0.1) is 0 Å². The van der Waals surface area contributed by atoms with Crippen molar-refractivity contribution >= 4 is 21.4 Å². The van der Waals surface area contributed by atoms with E-state index in [4.69, 9.17) is 0 Å². The van der Waals surface area contributed by atoms with Crippen molar-refractivity contribution in [3.8, 4) is 0 Å². The third kappa shape index (κ3) is 3.89. The first kappa shape index (κ1) is 16.0. The van der Waals surface area contributed by atoms with Crippen molar-refractivity contribution < 1.29 is 5.11 Å². The summed E-state index contributed by atoms with van der Waals surface area (Å²) in [6.45, 7) is 6.88. The van der Waals surface area contributed by atoms with E-state index in [1.54, 1.807) is 4.52 Å². The molecule has 0 bridgehead atoms. The van der Waals surface area contributed by atoms with Crippen molar-refractivity contribution in [1.29, 1.82) is 0 Å². The van der Waals surface area contributed by atoms with E-state index < -0.39 is 6.10 Å². The van der Waals surface area contributed by atoms with Crippen LogP contribution in [0.15, 0.2) is 36.5 Å². The highest BCUT2D eigenvalue weighted by molar-refractivity contribution is 7.20. The smallest absolute Gasteiger partial charge is 0.214 e. The topological polar surface area (TPSA) is 62.5 Å². The second-order valence-corrected chi connectivity index (χ2v) is 7.69. The number of aromatic nitrogens is 3. The Balaban J connectivity index is 1.60. The van der Waals surface area contributed by atoms with E-state index in [1.807, 2.05) is 36.5 Å². The van der Waals surface area contributed by atoms with Crippen LogP contribution in [0.2, 0.25) is 0 Å². The lowest BCUT2D eigenvalue weighted by Gasteiger charge is -2.13. The van der Waals surface area contributed by atoms with Gasteiger partial charge in [-0.15, -0.1) is 5.10 Å². The van der Waals surface area contributed by atoms with Crippen molar-refractivity contribution in [1.82, 2.24) is 14.6 Å². The highest BCUT2D eigenvalue weighted by Crippen LogP contribution is 2.25. The molecule has 0 aliphatic carbocycles. The van der Waals surface area contributed by atoms with Crippen molar-refractivity contribution in [2.24, 2.45) is 0 Å². The predicted octanol–water partition coefficient (Wildman–Crippen LogP) is 3.10. The largest absolute Gasteiger partial charge is 0.391 e. The first-order valence-corrected chi connectivity index (χ1v) is 8.56. The molecule has 0 amide bonds. The van der Waals surface area contributed by atoms with Crippen molar-refractivity contribution in [2.45, 2.75) is 38.7 Å². The van der Waals surface area contributed by atoms with Crippen LogP contribution < -0.4 is 5.32 Å². The minimum atomic E-state index is -0.446. The summed E-state index contributed by atoms with van der Waals surface area (Å²) in [5.41, 5.74) is 2.19. The Bertz CT molecular complexity index is 741. The average Bonchev–Trinajstić information content (AvgIpc) is 3.04. The van der Waals surface area contributed by atoms with Crippen LogP contribution >= 0.6 is 11.3 Å². The monoisotopic (exact) mass is 330 g/mol. The van der Waals surface area contributed by atoms with Gasteiger partial charge in [0.15, 0.2) is 0 Å². The lowest BCUT2D eigenvalue weighted by atomic mass is 9.93. The molecule has 0 radical (unpaired) electrons. The second-order valence-electron chi connectivity index (χ2n) is 6.73. The van der Waals surface area contributed by atoms with Gasteiger partial charge in [-0.25, -0.2) is 9.50 Å². The fraction of sp³-hybridized carbons (Fsp3) is 0.412. The van der Waals surface area contributed by atoms with E-state index in [0.29, 0.717) is 13.0 Å². The Morgan fingerprint density at radius 1 is 1.26 bits per heavy atom. The van der Waals surface area contributed by atoms with Crippen LogP contribution in [-0.4, -0.2) is 32.4 Å². The van der Waals surface area contributed by atoms with Crippen LogP contribution in [0.1, 0.15) is 32.0 Å². The van der Waals surface area contributed by atoms with Crippen LogP contribution in [-0.2, 0) is 11.8 Å². The summed E-state index contributed by atoms with van der Waals surface area (Å²) in [4.78, 5) is 5.49. The number of nitrogens with zero attached hydrogens (tertiary/aromatic N) is 3. The molecule has 0 saturated carbocycles. The number of fused-ring (bicyclic) bond motifs is 1. The van der Waals surface area contributed by atoms with E-state index in [0.717, 1.165) is 21.3 Å². The molecule has 0 spiro atoms. The maximum absolute atomic E-state index is 10.1. The van der Waals surface area contributed by atoms with Crippen LogP contribution in [0.25, 0.3) is 4.96 Å². The van der Waals surface area contributed by atoms with Gasteiger partial charge in [-0.2, -0.15) is 0 Å². The molecule has 23 heavy (non-hydrogen) atoms. The van der Waals surface area contributed by atoms with Gasteiger partial charge in [0.25, 0.3) is 0 Å². The second kappa shape index (κ2) is 6.29. The Kier molecular flexibility index (Phi) is 4.37. The third-order valence-corrected chi connectivity index (χ3v) is 4.49. The van der Waals surface area contributed by atoms with Gasteiger partial charge in [-0.1, -0.05) is 62.4 Å². The summed E-state index contributed by atoms with van der Waals surface area (Å²) in [5.74, 6) is 0. The zero-order chi connectivity index (χ0) is 16.4. The number of aliphatic hydroxyl groups excluding tert-OH is 1. The molecule has 1 unspecified atom stereocenters. The average molecular weight is 330 g/mol. The highest BCUT2D eigenvalue weighted by Gasteiger charge is 2.19. The molecule has 122 valence electrons. The van der Waals surface area contributed by atoms with E-state index in [2.05, 4.69) is 36.2 Å². The van der Waals surface area contributed by atoms with Gasteiger partial charge in [0.1, 0.15) is 0 Å². The molecule has 2 heterocycles. The van der Waals surface area contributed by atoms with Crippen LogP contribution in [0.5, 0.6) is 0 Å². The maximum Gasteiger partial charge on any atom is 0.214 e. The molecule has 6 heteroatoms. The van der Waals surface area contributed by atoms with Gasteiger partial charge in [-0.05, 0) is 5.56 Å². The van der Waals surface area contributed by atoms with Gasteiger partial charge in [-0.3, -0.25) is 0 Å². The van der Waals surface area contributed by atoms with Crippen molar-refractivity contribution in [3.05, 3.63) is 47.8 Å². The molecule has 0 aliphatic rings. The number of hydrogen-bond donors (Lipinski definition) is 2. The minimum absolute atomic E-state index is 0.0207. The maximum atomic E-state index is 10.1. The van der Waals surface area contributed by atoms with E-state index >= 15 is 0 Å². The zero-order valence-electron chi connectivity index (χ0n) is 13.7. The number of imidazole rings is 1. The predicted molar refractivity (Wildman–Crippen MR) is 94.2 cm³/mol. The Hall–Kier alpha value is -1.92. The minimum Gasteiger partial charge on any atom is -0.391 e. The Morgan fingerprint density at radius 2 is 2.00 bits per heavy atom. The van der Waals surface area contributed by atoms with Gasteiger partial charge >= 0.3 is 0 Å². The van der Waals surface area contributed by atoms with Crippen LogP contribution in [0.3, 0.4) is 0 Å². The summed E-state index contributed by atoms with van der Waals surface area (Å²) in [5, 5.41) is 18.6. The Morgan fingerprint density at radius 3 is 2.65 bits per heavy atom. The van der Waals surface area contributed by atoms with Crippen molar-refractivity contribution in [3.63, 3.8) is 0 Å². The Labute approximate surface area is 140 Å². The number of hydrogen-bond acceptors (Lipinski definition) is 5. The number of rotatable bonds is 5. The van der Waals surface area contributed by atoms with Gasteiger partial charge in [0.05, 0.1) is 18.0 Å². The molecule has 1 atom stereocenters. The first-order chi connectivity index (χ1) is 10.9.